The summed E-state index contributed by atoms with van der Waals surface area (Å²) in [5, 5.41) is 11.4. The average molecular weight is 476 g/mol. The quantitative estimate of drug-likeness (QED) is 0.296. The van der Waals surface area contributed by atoms with Crippen LogP contribution in [0.3, 0.4) is 0 Å². The van der Waals surface area contributed by atoms with Crippen LogP contribution < -0.4 is 16.3 Å². The fraction of sp³-hybridized carbons (Fsp3) is 0.833. The number of fused-ring (bicyclic) bond motifs is 1. The predicted octanol–water partition coefficient (Wildman–Crippen LogP) is 2.13. The first kappa shape index (κ1) is 21.2. The molecule has 7 nitrogen and oxygen atoms in total. The van der Waals surface area contributed by atoms with Crippen molar-refractivity contribution >= 4 is 29.9 Å². The van der Waals surface area contributed by atoms with Crippen LogP contribution in [0.25, 0.3) is 0 Å². The molecule has 3 rings (SSSR count). The van der Waals surface area contributed by atoms with Crippen molar-refractivity contribution in [2.75, 3.05) is 13.6 Å². The van der Waals surface area contributed by atoms with Crippen molar-refractivity contribution in [3.8, 4) is 0 Å². The highest BCUT2D eigenvalue weighted by Crippen LogP contribution is 2.23. The summed E-state index contributed by atoms with van der Waals surface area (Å²) < 4.78 is 3.46. The number of nitrogens with zero attached hydrogens (tertiary/aromatic N) is 4. The smallest absolute Gasteiger partial charge is 0.345 e. The van der Waals surface area contributed by atoms with Gasteiger partial charge < -0.3 is 10.6 Å². The SMILES string of the molecule is CN=C(NCCCn1nc2n(c1=O)CCCC2)NC1CCC(C)CC1.I. The van der Waals surface area contributed by atoms with Crippen LogP contribution in [0.2, 0.25) is 0 Å². The highest BCUT2D eigenvalue weighted by Gasteiger charge is 2.19. The molecule has 1 saturated carbocycles. The zero-order valence-corrected chi connectivity index (χ0v) is 18.4. The molecule has 0 atom stereocenters. The molecule has 2 heterocycles. The molecule has 0 spiro atoms. The van der Waals surface area contributed by atoms with E-state index in [-0.39, 0.29) is 29.7 Å². The van der Waals surface area contributed by atoms with Crippen LogP contribution in [0, 0.1) is 5.92 Å². The topological polar surface area (TPSA) is 76.2 Å². The normalized spacial score (nSPS) is 23.1. The van der Waals surface area contributed by atoms with Gasteiger partial charge in [-0.1, -0.05) is 6.92 Å². The molecular formula is C18H33IN6O. The zero-order chi connectivity index (χ0) is 17.6. The first-order valence-corrected chi connectivity index (χ1v) is 9.81. The molecule has 0 saturated heterocycles. The van der Waals surface area contributed by atoms with E-state index >= 15 is 0 Å². The number of aromatic nitrogens is 3. The Bertz CT molecular complexity index is 645. The second kappa shape index (κ2) is 10.3. The molecule has 0 bridgehead atoms. The van der Waals surface area contributed by atoms with Crippen molar-refractivity contribution < 1.29 is 0 Å². The summed E-state index contributed by atoms with van der Waals surface area (Å²) in [4.78, 5) is 16.6. The number of guanidine groups is 1. The fourth-order valence-corrected chi connectivity index (χ4v) is 3.82. The zero-order valence-electron chi connectivity index (χ0n) is 16.0. The summed E-state index contributed by atoms with van der Waals surface area (Å²) in [6.45, 7) is 4.60. The Kier molecular flexibility index (Phi) is 8.43. The van der Waals surface area contributed by atoms with E-state index in [1.165, 1.54) is 25.7 Å². The first-order valence-electron chi connectivity index (χ1n) is 9.81. The summed E-state index contributed by atoms with van der Waals surface area (Å²) in [7, 11) is 1.81. The van der Waals surface area contributed by atoms with E-state index in [2.05, 4.69) is 27.6 Å². The van der Waals surface area contributed by atoms with Crippen molar-refractivity contribution in [1.82, 2.24) is 25.0 Å². The third kappa shape index (κ3) is 5.47. The first-order chi connectivity index (χ1) is 12.2. The number of hydrogen-bond acceptors (Lipinski definition) is 3. The Morgan fingerprint density at radius 1 is 1.27 bits per heavy atom. The summed E-state index contributed by atoms with van der Waals surface area (Å²) >= 11 is 0. The van der Waals surface area contributed by atoms with E-state index in [9.17, 15) is 4.79 Å². The van der Waals surface area contributed by atoms with Crippen molar-refractivity contribution in [2.45, 2.75) is 77.4 Å². The van der Waals surface area contributed by atoms with E-state index in [0.29, 0.717) is 12.6 Å². The molecule has 26 heavy (non-hydrogen) atoms. The molecule has 148 valence electrons. The van der Waals surface area contributed by atoms with Crippen LogP contribution in [0.1, 0.15) is 57.7 Å². The molecule has 1 aliphatic heterocycles. The van der Waals surface area contributed by atoms with E-state index in [1.54, 1.807) is 4.68 Å². The summed E-state index contributed by atoms with van der Waals surface area (Å²) in [6.07, 6.45) is 9.04. The molecule has 1 aromatic rings. The monoisotopic (exact) mass is 476 g/mol. The summed E-state index contributed by atoms with van der Waals surface area (Å²) in [6, 6.07) is 0.532. The molecule has 1 aliphatic carbocycles. The number of aryl methyl sites for hydroxylation is 2. The molecule has 0 radical (unpaired) electrons. The van der Waals surface area contributed by atoms with Gasteiger partial charge in [-0.25, -0.2) is 9.48 Å². The van der Waals surface area contributed by atoms with Gasteiger partial charge in [0.2, 0.25) is 0 Å². The highest BCUT2D eigenvalue weighted by molar-refractivity contribution is 14.0. The van der Waals surface area contributed by atoms with Crippen molar-refractivity contribution in [2.24, 2.45) is 10.9 Å². The Labute approximate surface area is 173 Å². The van der Waals surface area contributed by atoms with Crippen LogP contribution in [0.5, 0.6) is 0 Å². The largest absolute Gasteiger partial charge is 0.356 e. The number of nitrogens with one attached hydrogen (secondary N) is 2. The minimum atomic E-state index is 0. The number of aliphatic imine (C=N–C) groups is 1. The van der Waals surface area contributed by atoms with Crippen LogP contribution in [0.15, 0.2) is 9.79 Å². The molecule has 0 aromatic carbocycles. The molecule has 2 N–H and O–H groups in total. The molecule has 8 heteroatoms. The second-order valence-electron chi connectivity index (χ2n) is 7.48. The summed E-state index contributed by atoms with van der Waals surface area (Å²) in [5.74, 6) is 2.68. The lowest BCUT2D eigenvalue weighted by Gasteiger charge is -2.28. The van der Waals surface area contributed by atoms with Crippen molar-refractivity contribution in [1.29, 1.82) is 0 Å². The maximum Gasteiger partial charge on any atom is 0.345 e. The molecule has 1 fully saturated rings. The number of halogens is 1. The number of rotatable bonds is 5. The van der Waals surface area contributed by atoms with Crippen molar-refractivity contribution in [3.05, 3.63) is 16.3 Å². The average Bonchev–Trinajstić information content (AvgIpc) is 2.95. The molecule has 0 amide bonds. The van der Waals surface area contributed by atoms with Gasteiger partial charge in [-0.2, -0.15) is 5.10 Å². The second-order valence-corrected chi connectivity index (χ2v) is 7.48. The Balaban J connectivity index is 0.00000243. The van der Waals surface area contributed by atoms with Gasteiger partial charge in [0, 0.05) is 39.1 Å². The van der Waals surface area contributed by atoms with Gasteiger partial charge in [-0.05, 0) is 50.9 Å². The van der Waals surface area contributed by atoms with Gasteiger partial charge >= 0.3 is 5.69 Å². The van der Waals surface area contributed by atoms with Gasteiger partial charge in [0.25, 0.3) is 0 Å². The lowest BCUT2D eigenvalue weighted by Crippen LogP contribution is -2.45. The van der Waals surface area contributed by atoms with Crippen molar-refractivity contribution in [3.63, 3.8) is 0 Å². The Morgan fingerprint density at radius 2 is 2.04 bits per heavy atom. The van der Waals surface area contributed by atoms with E-state index in [4.69, 9.17) is 0 Å². The van der Waals surface area contributed by atoms with Crippen LogP contribution in [0.4, 0.5) is 0 Å². The van der Waals surface area contributed by atoms with Gasteiger partial charge in [0.1, 0.15) is 5.82 Å². The Hall–Kier alpha value is -1.06. The third-order valence-electron chi connectivity index (χ3n) is 5.45. The highest BCUT2D eigenvalue weighted by atomic mass is 127. The molecule has 1 aromatic heterocycles. The fourth-order valence-electron chi connectivity index (χ4n) is 3.82. The van der Waals surface area contributed by atoms with E-state index in [1.807, 2.05) is 11.6 Å². The lowest BCUT2D eigenvalue weighted by atomic mass is 9.87. The molecule has 2 aliphatic rings. The molecular weight excluding hydrogens is 443 g/mol. The van der Waals surface area contributed by atoms with Gasteiger partial charge in [-0.15, -0.1) is 24.0 Å². The van der Waals surface area contributed by atoms with Gasteiger partial charge in [0.15, 0.2) is 5.96 Å². The maximum atomic E-state index is 12.3. The maximum absolute atomic E-state index is 12.3. The van der Waals surface area contributed by atoms with E-state index in [0.717, 1.165) is 56.5 Å². The minimum absolute atomic E-state index is 0. The molecule has 0 unspecified atom stereocenters. The third-order valence-corrected chi connectivity index (χ3v) is 5.45. The van der Waals surface area contributed by atoms with Gasteiger partial charge in [0.05, 0.1) is 0 Å². The van der Waals surface area contributed by atoms with E-state index < -0.39 is 0 Å². The Morgan fingerprint density at radius 3 is 2.73 bits per heavy atom. The minimum Gasteiger partial charge on any atom is -0.356 e. The lowest BCUT2D eigenvalue weighted by molar-refractivity contribution is 0.329. The van der Waals surface area contributed by atoms with Crippen LogP contribution >= 0.6 is 24.0 Å². The predicted molar refractivity (Wildman–Crippen MR) is 115 cm³/mol. The number of hydrogen-bond donors (Lipinski definition) is 2. The standard InChI is InChI=1S/C18H32N6O.HI/c1-14-7-9-15(10-8-14)21-17(19-2)20-11-5-13-24-18(25)23-12-4-3-6-16(23)22-24;/h14-15H,3-13H2,1-2H3,(H2,19,20,21);1H. The van der Waals surface area contributed by atoms with Gasteiger partial charge in [-0.3, -0.25) is 9.56 Å². The summed E-state index contributed by atoms with van der Waals surface area (Å²) in [5.41, 5.74) is 0.0496. The van der Waals surface area contributed by atoms with Crippen LogP contribution in [-0.2, 0) is 19.5 Å². The van der Waals surface area contributed by atoms with Crippen LogP contribution in [-0.4, -0.2) is 39.9 Å².